The molecular weight excluding hydrogens is 328 g/mol. The molecular formula is C20H28N4O2. The van der Waals surface area contributed by atoms with Gasteiger partial charge in [-0.25, -0.2) is 0 Å². The van der Waals surface area contributed by atoms with E-state index in [9.17, 15) is 9.59 Å². The molecule has 0 saturated carbocycles. The van der Waals surface area contributed by atoms with Crippen LogP contribution in [0.4, 0.5) is 11.4 Å². The standard InChI is InChI=1S/C20H28N4O2/c1-5-7-12-24-15(4)19(14(3)23-24)22-20(26)16-10-8-11-17(13-16)21-18(25)9-6-2/h8,10-11,13H,5-7,9,12H2,1-4H3,(H,21,25)(H,22,26). The molecule has 6 heteroatoms. The number of amides is 2. The van der Waals surface area contributed by atoms with Crippen molar-refractivity contribution in [2.75, 3.05) is 10.6 Å². The van der Waals surface area contributed by atoms with Gasteiger partial charge in [-0.2, -0.15) is 5.10 Å². The minimum Gasteiger partial charge on any atom is -0.326 e. The predicted octanol–water partition coefficient (Wildman–Crippen LogP) is 4.29. The SMILES string of the molecule is CCCCn1nc(C)c(NC(=O)c2cccc(NC(=O)CCC)c2)c1C. The Kier molecular flexibility index (Phi) is 6.95. The van der Waals surface area contributed by atoms with Gasteiger partial charge in [-0.1, -0.05) is 26.3 Å². The van der Waals surface area contributed by atoms with Gasteiger partial charge in [0.25, 0.3) is 5.91 Å². The molecule has 140 valence electrons. The largest absolute Gasteiger partial charge is 0.326 e. The zero-order chi connectivity index (χ0) is 19.1. The Balaban J connectivity index is 2.13. The molecule has 0 atom stereocenters. The molecule has 26 heavy (non-hydrogen) atoms. The molecule has 2 rings (SSSR count). The second kappa shape index (κ2) is 9.17. The van der Waals surface area contributed by atoms with E-state index in [2.05, 4.69) is 22.7 Å². The van der Waals surface area contributed by atoms with Crippen LogP contribution in [0.1, 0.15) is 61.3 Å². The Morgan fingerprint density at radius 1 is 1.12 bits per heavy atom. The van der Waals surface area contributed by atoms with Crippen molar-refractivity contribution in [2.24, 2.45) is 0 Å². The van der Waals surface area contributed by atoms with E-state index in [0.717, 1.165) is 42.9 Å². The van der Waals surface area contributed by atoms with Gasteiger partial charge in [0.1, 0.15) is 0 Å². The third-order valence-corrected chi connectivity index (χ3v) is 4.23. The molecule has 0 aliphatic carbocycles. The fraction of sp³-hybridized carbons (Fsp3) is 0.450. The molecule has 1 heterocycles. The average Bonchev–Trinajstić information content (AvgIpc) is 2.87. The van der Waals surface area contributed by atoms with Crippen LogP contribution in [0.15, 0.2) is 24.3 Å². The maximum atomic E-state index is 12.6. The molecule has 0 aliphatic rings. The Hall–Kier alpha value is -2.63. The Morgan fingerprint density at radius 2 is 1.88 bits per heavy atom. The van der Waals surface area contributed by atoms with E-state index < -0.39 is 0 Å². The Morgan fingerprint density at radius 3 is 2.58 bits per heavy atom. The number of aromatic nitrogens is 2. The van der Waals surface area contributed by atoms with Gasteiger partial charge in [-0.05, 0) is 44.9 Å². The lowest BCUT2D eigenvalue weighted by atomic mass is 10.1. The van der Waals surface area contributed by atoms with Gasteiger partial charge in [0, 0.05) is 24.2 Å². The van der Waals surface area contributed by atoms with E-state index in [1.807, 2.05) is 25.5 Å². The van der Waals surface area contributed by atoms with Crippen molar-refractivity contribution < 1.29 is 9.59 Å². The number of benzene rings is 1. The maximum absolute atomic E-state index is 12.6. The van der Waals surface area contributed by atoms with E-state index in [1.165, 1.54) is 0 Å². The topological polar surface area (TPSA) is 76.0 Å². The molecule has 2 aromatic rings. The van der Waals surface area contributed by atoms with Gasteiger partial charge < -0.3 is 10.6 Å². The van der Waals surface area contributed by atoms with Crippen LogP contribution in [0.25, 0.3) is 0 Å². The highest BCUT2D eigenvalue weighted by Gasteiger charge is 2.15. The summed E-state index contributed by atoms with van der Waals surface area (Å²) in [7, 11) is 0. The first-order chi connectivity index (χ1) is 12.5. The van der Waals surface area contributed by atoms with Crippen molar-refractivity contribution >= 4 is 23.2 Å². The molecule has 0 spiro atoms. The summed E-state index contributed by atoms with van der Waals surface area (Å²) in [6, 6.07) is 6.97. The highest BCUT2D eigenvalue weighted by atomic mass is 16.2. The van der Waals surface area contributed by atoms with E-state index in [0.29, 0.717) is 17.7 Å². The number of rotatable bonds is 8. The third-order valence-electron chi connectivity index (χ3n) is 4.23. The molecule has 0 unspecified atom stereocenters. The summed E-state index contributed by atoms with van der Waals surface area (Å²) in [6.45, 7) is 8.80. The molecule has 0 saturated heterocycles. The molecule has 6 nitrogen and oxygen atoms in total. The molecule has 0 aliphatic heterocycles. The van der Waals surface area contributed by atoms with Gasteiger partial charge in [-0.15, -0.1) is 0 Å². The van der Waals surface area contributed by atoms with Gasteiger partial charge in [-0.3, -0.25) is 14.3 Å². The van der Waals surface area contributed by atoms with Crippen molar-refractivity contribution in [3.8, 4) is 0 Å². The summed E-state index contributed by atoms with van der Waals surface area (Å²) in [5, 5.41) is 10.3. The van der Waals surface area contributed by atoms with E-state index in [-0.39, 0.29) is 11.8 Å². The summed E-state index contributed by atoms with van der Waals surface area (Å²) in [6.07, 6.45) is 3.39. The summed E-state index contributed by atoms with van der Waals surface area (Å²) in [5.74, 6) is -0.258. The van der Waals surface area contributed by atoms with E-state index >= 15 is 0 Å². The molecule has 2 amide bonds. The number of hydrogen-bond acceptors (Lipinski definition) is 3. The zero-order valence-electron chi connectivity index (χ0n) is 16.1. The molecule has 0 radical (unpaired) electrons. The first kappa shape index (κ1) is 19.7. The fourth-order valence-corrected chi connectivity index (χ4v) is 2.78. The van der Waals surface area contributed by atoms with E-state index in [1.54, 1.807) is 24.3 Å². The minimum absolute atomic E-state index is 0.0473. The van der Waals surface area contributed by atoms with Crippen LogP contribution in [0.5, 0.6) is 0 Å². The summed E-state index contributed by atoms with van der Waals surface area (Å²) < 4.78 is 1.94. The van der Waals surface area contributed by atoms with Crippen LogP contribution in [-0.4, -0.2) is 21.6 Å². The number of unbranched alkanes of at least 4 members (excludes halogenated alkanes) is 1. The smallest absolute Gasteiger partial charge is 0.255 e. The van der Waals surface area contributed by atoms with Gasteiger partial charge in [0.15, 0.2) is 0 Å². The number of nitrogens with zero attached hydrogens (tertiary/aromatic N) is 2. The normalized spacial score (nSPS) is 10.6. The molecule has 0 bridgehead atoms. The van der Waals surface area contributed by atoms with Gasteiger partial charge in [0.2, 0.25) is 5.91 Å². The summed E-state index contributed by atoms with van der Waals surface area (Å²) in [5.41, 5.74) is 3.64. The van der Waals surface area contributed by atoms with Gasteiger partial charge in [0.05, 0.1) is 17.1 Å². The maximum Gasteiger partial charge on any atom is 0.255 e. The summed E-state index contributed by atoms with van der Waals surface area (Å²) >= 11 is 0. The van der Waals surface area contributed by atoms with Crippen LogP contribution >= 0.6 is 0 Å². The van der Waals surface area contributed by atoms with Crippen molar-refractivity contribution in [1.82, 2.24) is 9.78 Å². The first-order valence-corrected chi connectivity index (χ1v) is 9.21. The van der Waals surface area contributed by atoms with E-state index in [4.69, 9.17) is 0 Å². The molecule has 2 N–H and O–H groups in total. The van der Waals surface area contributed by atoms with Crippen molar-refractivity contribution in [1.29, 1.82) is 0 Å². The van der Waals surface area contributed by atoms with Crippen LogP contribution in [0.3, 0.4) is 0 Å². The van der Waals surface area contributed by atoms with Crippen molar-refractivity contribution in [3.05, 3.63) is 41.2 Å². The predicted molar refractivity (Wildman–Crippen MR) is 105 cm³/mol. The van der Waals surface area contributed by atoms with Crippen LogP contribution in [-0.2, 0) is 11.3 Å². The van der Waals surface area contributed by atoms with Gasteiger partial charge >= 0.3 is 0 Å². The number of hydrogen-bond donors (Lipinski definition) is 2. The number of carbonyl (C=O) groups is 2. The monoisotopic (exact) mass is 356 g/mol. The number of aryl methyl sites for hydroxylation is 2. The molecule has 1 aromatic carbocycles. The Bertz CT molecular complexity index is 780. The second-order valence-corrected chi connectivity index (χ2v) is 6.46. The van der Waals surface area contributed by atoms with Crippen LogP contribution in [0.2, 0.25) is 0 Å². The fourth-order valence-electron chi connectivity index (χ4n) is 2.78. The lowest BCUT2D eigenvalue weighted by Crippen LogP contribution is -2.15. The third kappa shape index (κ3) is 4.94. The highest BCUT2D eigenvalue weighted by Crippen LogP contribution is 2.21. The first-order valence-electron chi connectivity index (χ1n) is 9.21. The molecule has 0 fully saturated rings. The lowest BCUT2D eigenvalue weighted by molar-refractivity contribution is -0.116. The number of anilines is 2. The lowest BCUT2D eigenvalue weighted by Gasteiger charge is -2.09. The minimum atomic E-state index is -0.210. The van der Waals surface area contributed by atoms with Crippen molar-refractivity contribution in [2.45, 2.75) is 59.9 Å². The summed E-state index contributed by atoms with van der Waals surface area (Å²) in [4.78, 5) is 24.4. The average molecular weight is 356 g/mol. The highest BCUT2D eigenvalue weighted by molar-refractivity contribution is 6.05. The molecule has 1 aromatic heterocycles. The van der Waals surface area contributed by atoms with Crippen LogP contribution in [0, 0.1) is 13.8 Å². The zero-order valence-corrected chi connectivity index (χ0v) is 16.1. The number of nitrogens with one attached hydrogen (secondary N) is 2. The Labute approximate surface area is 155 Å². The number of carbonyl (C=O) groups excluding carboxylic acids is 2. The quantitative estimate of drug-likeness (QED) is 0.741. The van der Waals surface area contributed by atoms with Crippen molar-refractivity contribution in [3.63, 3.8) is 0 Å². The second-order valence-electron chi connectivity index (χ2n) is 6.46. The van der Waals surface area contributed by atoms with Crippen LogP contribution < -0.4 is 10.6 Å².